The summed E-state index contributed by atoms with van der Waals surface area (Å²) in [5.41, 5.74) is 5.65. The van der Waals surface area contributed by atoms with Gasteiger partial charge in [-0.25, -0.2) is 13.8 Å². The van der Waals surface area contributed by atoms with Gasteiger partial charge in [0, 0.05) is 49.0 Å². The lowest BCUT2D eigenvalue weighted by molar-refractivity contribution is 0.00739. The normalized spacial score (nSPS) is 13.6. The third-order valence-corrected chi connectivity index (χ3v) is 6.94. The van der Waals surface area contributed by atoms with Crippen LogP contribution in [0.15, 0.2) is 77.9 Å². The zero-order chi connectivity index (χ0) is 30.6. The van der Waals surface area contributed by atoms with Crippen molar-refractivity contribution < 1.29 is 23.0 Å². The van der Waals surface area contributed by atoms with Crippen LogP contribution in [-0.2, 0) is 4.74 Å². The van der Waals surface area contributed by atoms with Crippen LogP contribution in [0, 0.1) is 23.5 Å². The van der Waals surface area contributed by atoms with Gasteiger partial charge >= 0.3 is 0 Å². The summed E-state index contributed by atoms with van der Waals surface area (Å²) in [5.74, 6) is 4.57. The molecular formula is C32H29F2N5O4. The van der Waals surface area contributed by atoms with E-state index in [0.717, 1.165) is 19.2 Å². The molecule has 5 rings (SSSR count). The summed E-state index contributed by atoms with van der Waals surface area (Å²) >= 11 is 0. The summed E-state index contributed by atoms with van der Waals surface area (Å²) in [6.45, 7) is 6.75. The van der Waals surface area contributed by atoms with Crippen LogP contribution in [0.1, 0.15) is 29.8 Å². The number of benzene rings is 2. The number of halogens is 2. The monoisotopic (exact) mass is 585 g/mol. The first-order valence-corrected chi connectivity index (χ1v) is 13.5. The van der Waals surface area contributed by atoms with Crippen LogP contribution in [0.4, 0.5) is 20.3 Å². The molecule has 1 aliphatic rings. The van der Waals surface area contributed by atoms with Gasteiger partial charge in [-0.2, -0.15) is 0 Å². The molecule has 2 aromatic heterocycles. The van der Waals surface area contributed by atoms with E-state index in [1.54, 1.807) is 6.07 Å². The number of hydrogen-bond donors (Lipinski definition) is 2. The second kappa shape index (κ2) is 12.4. The highest BCUT2D eigenvalue weighted by Gasteiger charge is 2.26. The predicted octanol–water partition coefficient (Wildman–Crippen LogP) is 4.60. The van der Waals surface area contributed by atoms with Gasteiger partial charge in [0.05, 0.1) is 18.8 Å². The zero-order valence-corrected chi connectivity index (χ0v) is 23.6. The van der Waals surface area contributed by atoms with Crippen LogP contribution >= 0.6 is 0 Å². The second-order valence-corrected chi connectivity index (χ2v) is 10.3. The van der Waals surface area contributed by atoms with Crippen molar-refractivity contribution in [3.8, 4) is 29.0 Å². The Labute approximate surface area is 246 Å². The average molecular weight is 586 g/mol. The van der Waals surface area contributed by atoms with Gasteiger partial charge in [0.25, 0.3) is 11.5 Å². The van der Waals surface area contributed by atoms with Crippen LogP contribution in [0.5, 0.6) is 11.5 Å². The Morgan fingerprint density at radius 2 is 1.81 bits per heavy atom. The van der Waals surface area contributed by atoms with Crippen molar-refractivity contribution >= 4 is 17.4 Å². The molecule has 0 bridgehead atoms. The molecule has 0 unspecified atom stereocenters. The molecule has 4 aromatic rings. The van der Waals surface area contributed by atoms with Crippen molar-refractivity contribution in [2.75, 3.05) is 37.4 Å². The molecule has 9 nitrogen and oxygen atoms in total. The SMILES string of the molecule is CC(C)(C#Cc1c(Oc2ccc(NC(=O)c3cccn(-c4ccc(F)cc4)c3=O)cc2F)ccnc1N)N1CCOCC1. The van der Waals surface area contributed by atoms with Crippen molar-refractivity contribution in [1.82, 2.24) is 14.5 Å². The molecule has 3 N–H and O–H groups in total. The summed E-state index contributed by atoms with van der Waals surface area (Å²) in [4.78, 5) is 32.2. The molecule has 11 heteroatoms. The zero-order valence-electron chi connectivity index (χ0n) is 23.6. The minimum atomic E-state index is -0.766. The lowest BCUT2D eigenvalue weighted by Gasteiger charge is -2.37. The number of nitrogens with one attached hydrogen (secondary N) is 1. The lowest BCUT2D eigenvalue weighted by Crippen LogP contribution is -2.49. The highest BCUT2D eigenvalue weighted by molar-refractivity contribution is 6.04. The molecule has 3 heterocycles. The number of anilines is 2. The number of amides is 1. The Morgan fingerprint density at radius 1 is 1.07 bits per heavy atom. The highest BCUT2D eigenvalue weighted by Crippen LogP contribution is 2.31. The van der Waals surface area contributed by atoms with E-state index < -0.39 is 28.6 Å². The molecule has 1 amide bonds. The molecule has 1 saturated heterocycles. The average Bonchev–Trinajstić information content (AvgIpc) is 2.99. The summed E-state index contributed by atoms with van der Waals surface area (Å²) in [6.07, 6.45) is 2.90. The minimum absolute atomic E-state index is 0.105. The van der Waals surface area contributed by atoms with E-state index in [9.17, 15) is 14.0 Å². The maximum absolute atomic E-state index is 15.2. The molecule has 2 aromatic carbocycles. The van der Waals surface area contributed by atoms with Gasteiger partial charge in [-0.1, -0.05) is 11.8 Å². The number of hydrogen-bond acceptors (Lipinski definition) is 7. The Bertz CT molecular complexity index is 1770. The van der Waals surface area contributed by atoms with Crippen LogP contribution in [0.2, 0.25) is 0 Å². The number of nitrogens with zero attached hydrogens (tertiary/aromatic N) is 3. The van der Waals surface area contributed by atoms with Crippen molar-refractivity contribution in [2.45, 2.75) is 19.4 Å². The second-order valence-electron chi connectivity index (χ2n) is 10.3. The van der Waals surface area contributed by atoms with Gasteiger partial charge in [-0.15, -0.1) is 0 Å². The minimum Gasteiger partial charge on any atom is -0.453 e. The fourth-order valence-electron chi connectivity index (χ4n) is 4.54. The number of nitrogens with two attached hydrogens (primary N) is 1. The molecule has 0 spiro atoms. The van der Waals surface area contributed by atoms with E-state index >= 15 is 4.39 Å². The standard InChI is InChI=1S/C32H29F2N5O4/c1-32(2,38-16-18-42-19-17-38)13-11-24-27(12-14-36-29(24)35)43-28-10-7-22(20-26(28)34)37-30(40)25-4-3-15-39(31(25)41)23-8-5-21(33)6-9-23/h3-10,12,14-15,20H,16-19H2,1-2H3,(H2,35,36)(H,37,40). The molecule has 220 valence electrons. The fourth-order valence-corrected chi connectivity index (χ4v) is 4.54. The summed E-state index contributed by atoms with van der Waals surface area (Å²) in [6, 6.07) is 13.5. The van der Waals surface area contributed by atoms with Gasteiger partial charge in [0.1, 0.15) is 28.5 Å². The van der Waals surface area contributed by atoms with Crippen molar-refractivity contribution in [2.24, 2.45) is 0 Å². The Hall–Kier alpha value is -5.05. The number of rotatable bonds is 6. The molecule has 1 aliphatic heterocycles. The Kier molecular flexibility index (Phi) is 8.52. The molecular weight excluding hydrogens is 556 g/mol. The van der Waals surface area contributed by atoms with Gasteiger partial charge < -0.3 is 20.5 Å². The van der Waals surface area contributed by atoms with Gasteiger partial charge in [-0.3, -0.25) is 19.1 Å². The molecule has 1 fully saturated rings. The van der Waals surface area contributed by atoms with E-state index in [2.05, 4.69) is 27.0 Å². The highest BCUT2D eigenvalue weighted by atomic mass is 19.1. The van der Waals surface area contributed by atoms with Crippen LogP contribution < -0.4 is 21.3 Å². The summed E-state index contributed by atoms with van der Waals surface area (Å²) in [5, 5.41) is 2.53. The van der Waals surface area contributed by atoms with Gasteiger partial charge in [0.2, 0.25) is 0 Å². The van der Waals surface area contributed by atoms with E-state index in [1.807, 2.05) is 13.8 Å². The van der Waals surface area contributed by atoms with Crippen molar-refractivity contribution in [3.63, 3.8) is 0 Å². The Balaban J connectivity index is 1.34. The molecule has 43 heavy (non-hydrogen) atoms. The fraction of sp³-hybridized carbons (Fsp3) is 0.219. The van der Waals surface area contributed by atoms with Gasteiger partial charge in [0.15, 0.2) is 11.6 Å². The maximum atomic E-state index is 15.2. The van der Waals surface area contributed by atoms with Crippen LogP contribution in [0.3, 0.4) is 0 Å². The third-order valence-electron chi connectivity index (χ3n) is 6.94. The first-order chi connectivity index (χ1) is 20.6. The van der Waals surface area contributed by atoms with E-state index in [4.69, 9.17) is 15.2 Å². The predicted molar refractivity (Wildman–Crippen MR) is 158 cm³/mol. The van der Waals surface area contributed by atoms with E-state index in [1.165, 1.54) is 65.5 Å². The largest absolute Gasteiger partial charge is 0.453 e. The lowest BCUT2D eigenvalue weighted by atomic mass is 10.0. The maximum Gasteiger partial charge on any atom is 0.267 e. The van der Waals surface area contributed by atoms with Crippen LogP contribution in [0.25, 0.3) is 5.69 Å². The van der Waals surface area contributed by atoms with Crippen molar-refractivity contribution in [1.29, 1.82) is 0 Å². The van der Waals surface area contributed by atoms with Gasteiger partial charge in [-0.05, 0) is 62.4 Å². The molecule has 0 radical (unpaired) electrons. The molecule has 0 atom stereocenters. The molecule has 0 aliphatic carbocycles. The van der Waals surface area contributed by atoms with E-state index in [0.29, 0.717) is 24.5 Å². The quantitative estimate of drug-likeness (QED) is 0.318. The van der Waals surface area contributed by atoms with Crippen molar-refractivity contribution in [3.05, 3.63) is 106 Å². The number of morpholine rings is 1. The first-order valence-electron chi connectivity index (χ1n) is 13.5. The first kappa shape index (κ1) is 29.4. The number of pyridine rings is 2. The number of carbonyl (C=O) groups excluding carboxylic acids is 1. The summed E-state index contributed by atoms with van der Waals surface area (Å²) in [7, 11) is 0. The summed E-state index contributed by atoms with van der Waals surface area (Å²) < 4.78 is 41.0. The Morgan fingerprint density at radius 3 is 2.53 bits per heavy atom. The van der Waals surface area contributed by atoms with Crippen LogP contribution in [-0.4, -0.2) is 52.2 Å². The number of aromatic nitrogens is 2. The number of nitrogen functional groups attached to an aromatic ring is 1. The topological polar surface area (TPSA) is 112 Å². The van der Waals surface area contributed by atoms with E-state index in [-0.39, 0.29) is 28.6 Å². The molecule has 0 saturated carbocycles. The smallest absolute Gasteiger partial charge is 0.267 e. The number of carbonyl (C=O) groups is 1. The third kappa shape index (κ3) is 6.72. The number of ether oxygens (including phenoxy) is 2.